The van der Waals surface area contributed by atoms with E-state index in [1.807, 2.05) is 74.5 Å². The van der Waals surface area contributed by atoms with Gasteiger partial charge in [-0.1, -0.05) is 48.5 Å². The van der Waals surface area contributed by atoms with Crippen molar-refractivity contribution in [3.8, 4) is 5.69 Å². The molecule has 0 aliphatic rings. The number of carbonyl (C=O) groups excluding carboxylic acids is 1. The first-order valence-corrected chi connectivity index (χ1v) is 8.70. The number of carbonyl (C=O) groups is 1. The Morgan fingerprint density at radius 3 is 2.38 bits per heavy atom. The molecule has 26 heavy (non-hydrogen) atoms. The zero-order valence-electron chi connectivity index (χ0n) is 15.0. The van der Waals surface area contributed by atoms with E-state index in [-0.39, 0.29) is 11.9 Å². The second-order valence-electron chi connectivity index (χ2n) is 6.44. The van der Waals surface area contributed by atoms with Gasteiger partial charge in [0.2, 0.25) is 0 Å². The van der Waals surface area contributed by atoms with Crippen LogP contribution in [0.5, 0.6) is 0 Å². The number of rotatable bonds is 6. The van der Waals surface area contributed by atoms with Crippen LogP contribution in [0.4, 0.5) is 0 Å². The Labute approximate surface area is 153 Å². The molecule has 0 aliphatic carbocycles. The second-order valence-corrected chi connectivity index (χ2v) is 6.44. The predicted molar refractivity (Wildman–Crippen MR) is 101 cm³/mol. The lowest BCUT2D eigenvalue weighted by atomic mass is 10.0. The zero-order valence-corrected chi connectivity index (χ0v) is 15.0. The lowest BCUT2D eigenvalue weighted by Gasteiger charge is -2.18. The van der Waals surface area contributed by atoms with Crippen molar-refractivity contribution in [2.75, 3.05) is 0 Å². The molecule has 2 aromatic carbocycles. The average Bonchev–Trinajstić information content (AvgIpc) is 3.05. The molecule has 0 spiro atoms. The van der Waals surface area contributed by atoms with Crippen LogP contribution in [0.1, 0.15) is 41.1 Å². The Kier molecular flexibility index (Phi) is 5.49. The Morgan fingerprint density at radius 1 is 1.12 bits per heavy atom. The molecule has 134 valence electrons. The molecular formula is C21H23N3O2. The van der Waals surface area contributed by atoms with Gasteiger partial charge in [-0.25, -0.2) is 4.68 Å². The van der Waals surface area contributed by atoms with Crippen molar-refractivity contribution in [2.24, 2.45) is 0 Å². The van der Waals surface area contributed by atoms with Crippen LogP contribution in [0.3, 0.4) is 0 Å². The first-order chi connectivity index (χ1) is 12.5. The van der Waals surface area contributed by atoms with Gasteiger partial charge in [-0.15, -0.1) is 0 Å². The highest BCUT2D eigenvalue weighted by Gasteiger charge is 2.18. The highest BCUT2D eigenvalue weighted by Crippen LogP contribution is 2.18. The van der Waals surface area contributed by atoms with Gasteiger partial charge in [-0.05, 0) is 38.0 Å². The third-order valence-corrected chi connectivity index (χ3v) is 4.30. The summed E-state index contributed by atoms with van der Waals surface area (Å²) in [6.07, 6.45) is 1.57. The second kappa shape index (κ2) is 7.97. The number of amides is 1. The first-order valence-electron chi connectivity index (χ1n) is 8.70. The third-order valence-electron chi connectivity index (χ3n) is 4.30. The van der Waals surface area contributed by atoms with E-state index in [1.165, 1.54) is 0 Å². The molecule has 3 rings (SSSR count). The largest absolute Gasteiger partial charge is 0.388 e. The fourth-order valence-corrected chi connectivity index (χ4v) is 2.90. The van der Waals surface area contributed by atoms with Gasteiger partial charge in [0.25, 0.3) is 5.91 Å². The van der Waals surface area contributed by atoms with E-state index in [0.29, 0.717) is 17.7 Å². The number of nitrogens with one attached hydrogen (secondary N) is 1. The number of aromatic nitrogens is 2. The molecule has 2 atom stereocenters. The summed E-state index contributed by atoms with van der Waals surface area (Å²) < 4.78 is 1.70. The van der Waals surface area contributed by atoms with Gasteiger partial charge in [0.05, 0.1) is 23.0 Å². The number of aliphatic hydroxyl groups is 1. The summed E-state index contributed by atoms with van der Waals surface area (Å²) in [5, 5.41) is 17.7. The number of aliphatic hydroxyl groups excluding tert-OH is 1. The van der Waals surface area contributed by atoms with Crippen molar-refractivity contribution < 1.29 is 9.90 Å². The van der Waals surface area contributed by atoms with Crippen molar-refractivity contribution >= 4 is 5.91 Å². The molecule has 0 radical (unpaired) electrons. The summed E-state index contributed by atoms with van der Waals surface area (Å²) in [6.45, 7) is 3.71. The van der Waals surface area contributed by atoms with Gasteiger partial charge < -0.3 is 10.4 Å². The molecule has 3 aromatic rings. The average molecular weight is 349 g/mol. The minimum Gasteiger partial charge on any atom is -0.388 e. The molecular weight excluding hydrogens is 326 g/mol. The maximum absolute atomic E-state index is 12.6. The minimum atomic E-state index is -0.611. The van der Waals surface area contributed by atoms with Crippen LogP contribution in [0.25, 0.3) is 5.69 Å². The summed E-state index contributed by atoms with van der Waals surface area (Å²) >= 11 is 0. The summed E-state index contributed by atoms with van der Waals surface area (Å²) in [7, 11) is 0. The van der Waals surface area contributed by atoms with Crippen LogP contribution in [0.2, 0.25) is 0 Å². The molecule has 1 aromatic heterocycles. The molecule has 5 nitrogen and oxygen atoms in total. The molecule has 5 heteroatoms. The van der Waals surface area contributed by atoms with Gasteiger partial charge in [0.1, 0.15) is 0 Å². The molecule has 0 bridgehead atoms. The molecule has 1 amide bonds. The number of aryl methyl sites for hydroxylation is 1. The summed E-state index contributed by atoms with van der Waals surface area (Å²) in [5.41, 5.74) is 2.96. The number of hydrogen-bond donors (Lipinski definition) is 2. The molecule has 2 N–H and O–H groups in total. The number of hydrogen-bond acceptors (Lipinski definition) is 3. The number of para-hydroxylation sites is 1. The lowest BCUT2D eigenvalue weighted by molar-refractivity contribution is 0.0916. The molecule has 0 aliphatic heterocycles. The first kappa shape index (κ1) is 17.9. The highest BCUT2D eigenvalue weighted by molar-refractivity contribution is 5.95. The van der Waals surface area contributed by atoms with E-state index in [4.69, 9.17) is 0 Å². The van der Waals surface area contributed by atoms with Crippen LogP contribution >= 0.6 is 0 Å². The van der Waals surface area contributed by atoms with Gasteiger partial charge in [0.15, 0.2) is 0 Å². The van der Waals surface area contributed by atoms with Crippen LogP contribution in [-0.2, 0) is 0 Å². The Morgan fingerprint density at radius 2 is 1.73 bits per heavy atom. The van der Waals surface area contributed by atoms with Crippen molar-refractivity contribution in [3.63, 3.8) is 0 Å². The fourth-order valence-electron chi connectivity index (χ4n) is 2.90. The topological polar surface area (TPSA) is 67.2 Å². The number of nitrogens with zero attached hydrogens (tertiary/aromatic N) is 2. The van der Waals surface area contributed by atoms with E-state index in [0.717, 1.165) is 11.3 Å². The number of benzene rings is 2. The molecule has 1 heterocycles. The van der Waals surface area contributed by atoms with Crippen molar-refractivity contribution in [2.45, 2.75) is 32.4 Å². The van der Waals surface area contributed by atoms with Crippen molar-refractivity contribution in [1.29, 1.82) is 0 Å². The fraction of sp³-hybridized carbons (Fsp3) is 0.238. The Bertz CT molecular complexity index is 859. The third kappa shape index (κ3) is 4.18. The predicted octanol–water partition coefficient (Wildman–Crippen LogP) is 3.42. The normalized spacial score (nSPS) is 13.2. The molecule has 0 fully saturated rings. The Hall–Kier alpha value is -2.92. The lowest BCUT2D eigenvalue weighted by Crippen LogP contribution is -2.34. The van der Waals surface area contributed by atoms with Gasteiger partial charge in [0, 0.05) is 12.2 Å². The van der Waals surface area contributed by atoms with Crippen molar-refractivity contribution in [1.82, 2.24) is 15.1 Å². The standard InChI is InChI=1S/C21H23N3O2/c1-15(13-20(25)17-9-5-3-6-10-17)22-21(26)19-14-24(23-16(19)2)18-11-7-4-8-12-18/h3-12,14-15,20,25H,13H2,1-2H3,(H,22,26). The summed E-state index contributed by atoms with van der Waals surface area (Å²) in [4.78, 5) is 12.6. The molecule has 2 unspecified atom stereocenters. The summed E-state index contributed by atoms with van der Waals surface area (Å²) in [6, 6.07) is 19.0. The maximum Gasteiger partial charge on any atom is 0.254 e. The van der Waals surface area contributed by atoms with Crippen molar-refractivity contribution in [3.05, 3.63) is 83.7 Å². The Balaban J connectivity index is 1.65. The zero-order chi connectivity index (χ0) is 18.5. The van der Waals surface area contributed by atoms with Gasteiger partial charge in [-0.3, -0.25) is 4.79 Å². The molecule has 0 saturated heterocycles. The van der Waals surface area contributed by atoms with E-state index in [1.54, 1.807) is 10.9 Å². The van der Waals surface area contributed by atoms with E-state index >= 15 is 0 Å². The van der Waals surface area contributed by atoms with Crippen LogP contribution < -0.4 is 5.32 Å². The smallest absolute Gasteiger partial charge is 0.254 e. The van der Waals surface area contributed by atoms with Crippen LogP contribution in [0, 0.1) is 6.92 Å². The van der Waals surface area contributed by atoms with Crippen LogP contribution in [-0.4, -0.2) is 26.8 Å². The minimum absolute atomic E-state index is 0.169. The van der Waals surface area contributed by atoms with E-state index in [9.17, 15) is 9.90 Å². The summed E-state index contributed by atoms with van der Waals surface area (Å²) in [5.74, 6) is -0.183. The van der Waals surface area contributed by atoms with Crippen LogP contribution in [0.15, 0.2) is 66.9 Å². The molecule has 0 saturated carbocycles. The van der Waals surface area contributed by atoms with Gasteiger partial charge in [-0.2, -0.15) is 5.10 Å². The van der Waals surface area contributed by atoms with E-state index in [2.05, 4.69) is 10.4 Å². The maximum atomic E-state index is 12.6. The SMILES string of the molecule is Cc1nn(-c2ccccc2)cc1C(=O)NC(C)CC(O)c1ccccc1. The monoisotopic (exact) mass is 349 g/mol. The quantitative estimate of drug-likeness (QED) is 0.716. The van der Waals surface area contributed by atoms with Gasteiger partial charge >= 0.3 is 0 Å². The van der Waals surface area contributed by atoms with E-state index < -0.39 is 6.10 Å². The highest BCUT2D eigenvalue weighted by atomic mass is 16.3.